The quantitative estimate of drug-likeness (QED) is 0.349. The van der Waals surface area contributed by atoms with Crippen molar-refractivity contribution in [2.24, 2.45) is 0 Å². The number of halogens is 7. The number of hydrogen-bond acceptors (Lipinski definition) is 2. The van der Waals surface area contributed by atoms with E-state index in [1.807, 2.05) is 0 Å². The topological polar surface area (TPSA) is 46.9 Å². The summed E-state index contributed by atoms with van der Waals surface area (Å²) in [5, 5.41) is 5.61. The van der Waals surface area contributed by atoms with Gasteiger partial charge >= 0.3 is 12.4 Å². The van der Waals surface area contributed by atoms with Crippen LogP contribution in [0.2, 0.25) is 0 Å². The van der Waals surface area contributed by atoms with E-state index in [1.165, 1.54) is 12.1 Å². The lowest BCUT2D eigenvalue weighted by Crippen LogP contribution is -2.14. The Hall–Kier alpha value is -2.57. The number of anilines is 1. The molecular formula is C18H10F6IN3O. The van der Waals surface area contributed by atoms with Crippen LogP contribution in [0, 0.1) is 3.57 Å². The molecule has 1 heterocycles. The van der Waals surface area contributed by atoms with E-state index in [0.29, 0.717) is 5.56 Å². The Kier molecular flexibility index (Phi) is 5.61. The van der Waals surface area contributed by atoms with Gasteiger partial charge in [-0.3, -0.25) is 4.79 Å². The van der Waals surface area contributed by atoms with E-state index < -0.39 is 29.6 Å². The summed E-state index contributed by atoms with van der Waals surface area (Å²) in [6.45, 7) is 0. The zero-order valence-corrected chi connectivity index (χ0v) is 16.3. The second kappa shape index (κ2) is 7.69. The maximum Gasteiger partial charge on any atom is 0.435 e. The van der Waals surface area contributed by atoms with Crippen LogP contribution in [0.1, 0.15) is 21.7 Å². The van der Waals surface area contributed by atoms with Crippen molar-refractivity contribution in [3.8, 4) is 5.69 Å². The molecule has 1 aromatic heterocycles. The molecule has 11 heteroatoms. The minimum atomic E-state index is -5.03. The van der Waals surface area contributed by atoms with Crippen molar-refractivity contribution in [3.05, 3.63) is 75.1 Å². The highest BCUT2D eigenvalue weighted by Gasteiger charge is 2.42. The van der Waals surface area contributed by atoms with Crippen molar-refractivity contribution < 1.29 is 31.1 Å². The van der Waals surface area contributed by atoms with Crippen molar-refractivity contribution in [3.63, 3.8) is 0 Å². The molecular weight excluding hydrogens is 515 g/mol. The Morgan fingerprint density at radius 1 is 0.897 bits per heavy atom. The molecule has 152 valence electrons. The van der Waals surface area contributed by atoms with Crippen molar-refractivity contribution in [1.82, 2.24) is 9.78 Å². The van der Waals surface area contributed by atoms with Crippen LogP contribution in [-0.2, 0) is 12.4 Å². The molecule has 2 aromatic carbocycles. The van der Waals surface area contributed by atoms with Crippen LogP contribution < -0.4 is 5.32 Å². The van der Waals surface area contributed by atoms with Gasteiger partial charge in [0, 0.05) is 20.9 Å². The molecule has 0 saturated carbocycles. The van der Waals surface area contributed by atoms with Gasteiger partial charge in [0.25, 0.3) is 5.91 Å². The fourth-order valence-electron chi connectivity index (χ4n) is 2.41. The highest BCUT2D eigenvalue weighted by atomic mass is 127. The summed E-state index contributed by atoms with van der Waals surface area (Å²) in [5.41, 5.74) is -2.81. The van der Waals surface area contributed by atoms with Gasteiger partial charge in [-0.05, 0) is 71.1 Å². The van der Waals surface area contributed by atoms with Crippen molar-refractivity contribution in [2.75, 3.05) is 5.32 Å². The third kappa shape index (κ3) is 4.89. The fraction of sp³-hybridized carbons (Fsp3) is 0.111. The Morgan fingerprint density at radius 2 is 1.48 bits per heavy atom. The van der Waals surface area contributed by atoms with Crippen LogP contribution in [0.4, 0.5) is 32.0 Å². The van der Waals surface area contributed by atoms with Gasteiger partial charge < -0.3 is 5.32 Å². The summed E-state index contributed by atoms with van der Waals surface area (Å²) in [7, 11) is 0. The van der Waals surface area contributed by atoms with Gasteiger partial charge in [0.15, 0.2) is 5.69 Å². The van der Waals surface area contributed by atoms with E-state index in [9.17, 15) is 31.1 Å². The average Bonchev–Trinajstić information content (AvgIpc) is 3.09. The third-order valence-corrected chi connectivity index (χ3v) is 4.49. The van der Waals surface area contributed by atoms with Gasteiger partial charge in [0.1, 0.15) is 5.69 Å². The maximum absolute atomic E-state index is 13.1. The van der Waals surface area contributed by atoms with E-state index in [-0.39, 0.29) is 22.1 Å². The number of aromatic nitrogens is 2. The number of hydrogen-bond donors (Lipinski definition) is 1. The first-order chi connectivity index (χ1) is 13.4. The molecule has 0 fully saturated rings. The predicted molar refractivity (Wildman–Crippen MR) is 101 cm³/mol. The lowest BCUT2D eigenvalue weighted by molar-refractivity contribution is -0.143. The van der Waals surface area contributed by atoms with E-state index in [2.05, 4.69) is 33.0 Å². The lowest BCUT2D eigenvalue weighted by Gasteiger charge is -2.11. The Labute approximate surface area is 173 Å². The standard InChI is InChI=1S/C18H10F6IN3O/c19-17(20,21)14-9-15(18(22,23)24)28(27-14)13-7-5-12(6-8-13)26-16(29)10-1-3-11(25)4-2-10/h1-9H,(H,26,29). The van der Waals surface area contributed by atoms with Gasteiger partial charge in [-0.1, -0.05) is 0 Å². The van der Waals surface area contributed by atoms with Crippen molar-refractivity contribution in [1.29, 1.82) is 0 Å². The minimum absolute atomic E-state index is 0.0491. The minimum Gasteiger partial charge on any atom is -0.322 e. The Morgan fingerprint density at radius 3 is 2.00 bits per heavy atom. The van der Waals surface area contributed by atoms with Crippen molar-refractivity contribution in [2.45, 2.75) is 12.4 Å². The molecule has 0 aliphatic carbocycles. The highest BCUT2D eigenvalue weighted by molar-refractivity contribution is 14.1. The van der Waals surface area contributed by atoms with E-state index in [4.69, 9.17) is 0 Å². The molecule has 0 aliphatic rings. The summed E-state index contributed by atoms with van der Waals surface area (Å²) in [6, 6.07) is 11.4. The summed E-state index contributed by atoms with van der Waals surface area (Å²) < 4.78 is 78.8. The number of amides is 1. The Balaban J connectivity index is 1.87. The molecule has 0 atom stereocenters. The number of nitrogens with one attached hydrogen (secondary N) is 1. The first-order valence-electron chi connectivity index (χ1n) is 7.87. The molecule has 29 heavy (non-hydrogen) atoms. The largest absolute Gasteiger partial charge is 0.435 e. The van der Waals surface area contributed by atoms with Crippen LogP contribution in [0.25, 0.3) is 5.69 Å². The molecule has 0 radical (unpaired) electrons. The van der Waals surface area contributed by atoms with E-state index in [0.717, 1.165) is 15.7 Å². The van der Waals surface area contributed by atoms with Crippen LogP contribution in [0.15, 0.2) is 54.6 Å². The number of alkyl halides is 6. The number of carbonyl (C=O) groups is 1. The first-order valence-corrected chi connectivity index (χ1v) is 8.95. The smallest absolute Gasteiger partial charge is 0.322 e. The van der Waals surface area contributed by atoms with E-state index in [1.54, 1.807) is 24.3 Å². The van der Waals surface area contributed by atoms with Gasteiger partial charge in [0.05, 0.1) is 5.69 Å². The van der Waals surface area contributed by atoms with Gasteiger partial charge in [-0.15, -0.1) is 0 Å². The number of rotatable bonds is 3. The number of benzene rings is 2. The van der Waals surface area contributed by atoms with Crippen LogP contribution in [0.3, 0.4) is 0 Å². The van der Waals surface area contributed by atoms with Crippen LogP contribution in [-0.4, -0.2) is 15.7 Å². The van der Waals surface area contributed by atoms with Crippen LogP contribution in [0.5, 0.6) is 0 Å². The zero-order chi connectivity index (χ0) is 21.4. The zero-order valence-electron chi connectivity index (χ0n) is 14.1. The van der Waals surface area contributed by atoms with E-state index >= 15 is 0 Å². The highest BCUT2D eigenvalue weighted by Crippen LogP contribution is 2.36. The molecule has 0 spiro atoms. The third-order valence-electron chi connectivity index (χ3n) is 3.77. The molecule has 1 N–H and O–H groups in total. The predicted octanol–water partition coefficient (Wildman–Crippen LogP) is 5.77. The molecule has 0 aliphatic heterocycles. The molecule has 0 saturated heterocycles. The SMILES string of the molecule is O=C(Nc1ccc(-n2nc(C(F)(F)F)cc2C(F)(F)F)cc1)c1ccc(I)cc1. The second-order valence-corrected chi connectivity index (χ2v) is 7.08. The second-order valence-electron chi connectivity index (χ2n) is 5.83. The molecule has 1 amide bonds. The monoisotopic (exact) mass is 525 g/mol. The molecule has 3 aromatic rings. The van der Waals surface area contributed by atoms with Gasteiger partial charge in [-0.25, -0.2) is 4.68 Å². The first kappa shape index (κ1) is 21.1. The molecule has 0 bridgehead atoms. The van der Waals surface area contributed by atoms with Crippen LogP contribution >= 0.6 is 22.6 Å². The molecule has 3 rings (SSSR count). The maximum atomic E-state index is 13.1. The Bertz CT molecular complexity index is 1020. The van der Waals surface area contributed by atoms with Gasteiger partial charge in [0.2, 0.25) is 0 Å². The lowest BCUT2D eigenvalue weighted by atomic mass is 10.2. The summed E-state index contributed by atoms with van der Waals surface area (Å²) in [5.74, 6) is -0.441. The number of nitrogens with zero attached hydrogens (tertiary/aromatic N) is 2. The average molecular weight is 525 g/mol. The summed E-state index contributed by atoms with van der Waals surface area (Å²) >= 11 is 2.08. The summed E-state index contributed by atoms with van der Waals surface area (Å²) in [6.07, 6.45) is -10.1. The normalized spacial score (nSPS) is 12.1. The fourth-order valence-corrected chi connectivity index (χ4v) is 2.77. The van der Waals surface area contributed by atoms with Crippen molar-refractivity contribution >= 4 is 34.2 Å². The summed E-state index contributed by atoms with van der Waals surface area (Å²) in [4.78, 5) is 12.2. The molecule has 0 unspecified atom stereocenters. The van der Waals surface area contributed by atoms with Gasteiger partial charge in [-0.2, -0.15) is 31.4 Å². The number of carbonyl (C=O) groups excluding carboxylic acids is 1. The molecule has 4 nitrogen and oxygen atoms in total.